The lowest BCUT2D eigenvalue weighted by Gasteiger charge is -2.26. The molecule has 0 bridgehead atoms. The van der Waals surface area contributed by atoms with E-state index in [2.05, 4.69) is 20.2 Å². The van der Waals surface area contributed by atoms with Crippen molar-refractivity contribution in [2.75, 3.05) is 14.2 Å². The van der Waals surface area contributed by atoms with Crippen molar-refractivity contribution in [3.05, 3.63) is 82.7 Å². The van der Waals surface area contributed by atoms with E-state index in [9.17, 15) is 36.2 Å². The van der Waals surface area contributed by atoms with Crippen LogP contribution in [-0.2, 0) is 35.0 Å². The van der Waals surface area contributed by atoms with Gasteiger partial charge in [0.05, 0.1) is 47.4 Å². The summed E-state index contributed by atoms with van der Waals surface area (Å²) in [6.45, 7) is 0.342. The SMILES string of the molecule is COCc1nn(-c2ccc(C(F)(F)F)cn2)cc1C(O)C1CCCCC1.COCc1nn(-c2ccc(C(F)(F)F)cn2)cc1C=O. The van der Waals surface area contributed by atoms with Crippen LogP contribution >= 0.6 is 0 Å². The van der Waals surface area contributed by atoms with Crippen molar-refractivity contribution in [2.45, 2.75) is 63.8 Å². The van der Waals surface area contributed by atoms with Crippen LogP contribution in [0.1, 0.15) is 76.6 Å². The number of pyridine rings is 2. The predicted octanol–water partition coefficient (Wildman–Crippen LogP) is 6.29. The fourth-order valence-corrected chi connectivity index (χ4v) is 5.01. The van der Waals surface area contributed by atoms with Gasteiger partial charge in [-0.1, -0.05) is 19.3 Å². The number of hydrogen-bond acceptors (Lipinski definition) is 8. The molecule has 0 aliphatic heterocycles. The lowest BCUT2D eigenvalue weighted by Crippen LogP contribution is -2.16. The molecule has 0 aromatic carbocycles. The van der Waals surface area contributed by atoms with Crippen LogP contribution in [0.15, 0.2) is 49.1 Å². The lowest BCUT2D eigenvalue weighted by atomic mass is 9.83. The zero-order chi connectivity index (χ0) is 33.5. The molecule has 4 aromatic rings. The van der Waals surface area contributed by atoms with Gasteiger partial charge < -0.3 is 14.6 Å². The van der Waals surface area contributed by atoms with Crippen molar-refractivity contribution in [3.63, 3.8) is 0 Å². The van der Waals surface area contributed by atoms with Gasteiger partial charge in [-0.2, -0.15) is 36.5 Å². The molecule has 1 saturated carbocycles. The summed E-state index contributed by atoms with van der Waals surface area (Å²) in [7, 11) is 2.98. The Morgan fingerprint density at radius 2 is 1.33 bits per heavy atom. The summed E-state index contributed by atoms with van der Waals surface area (Å²) in [4.78, 5) is 18.4. The number of aliphatic hydroxyl groups excluding tert-OH is 1. The van der Waals surface area contributed by atoms with E-state index in [0.717, 1.165) is 44.0 Å². The Labute approximate surface area is 260 Å². The summed E-state index contributed by atoms with van der Waals surface area (Å²) in [5.74, 6) is 0.610. The molecular formula is C30H32F6N6O4. The Bertz CT molecular complexity index is 1560. The minimum absolute atomic E-state index is 0.127. The fourth-order valence-electron chi connectivity index (χ4n) is 5.01. The van der Waals surface area contributed by atoms with Crippen LogP contribution in [0.2, 0.25) is 0 Å². The monoisotopic (exact) mass is 654 g/mol. The standard InChI is InChI=1S/C18H22F3N3O2.C12H10F3N3O2/c1-26-11-15-14(17(25)12-5-3-2-4-6-12)10-24(23-15)16-8-7-13(9-22-16)18(19,20)21;1-20-7-10-8(6-19)5-18(17-10)11-3-2-9(4-16-11)12(13,14)15/h7-10,12,17,25H,2-6,11H2,1H3;2-6H,7H2,1H3. The molecule has 1 unspecified atom stereocenters. The molecule has 4 heterocycles. The average molecular weight is 655 g/mol. The maximum atomic E-state index is 12.7. The molecule has 248 valence electrons. The minimum Gasteiger partial charge on any atom is -0.388 e. The van der Waals surface area contributed by atoms with Crippen molar-refractivity contribution in [1.82, 2.24) is 29.5 Å². The highest BCUT2D eigenvalue weighted by atomic mass is 19.4. The average Bonchev–Trinajstić information content (AvgIpc) is 3.65. The summed E-state index contributed by atoms with van der Waals surface area (Å²) in [6.07, 6.45) is 0.872. The lowest BCUT2D eigenvalue weighted by molar-refractivity contribution is -0.138. The third kappa shape index (κ3) is 8.55. The molecule has 1 aliphatic rings. The van der Waals surface area contributed by atoms with Gasteiger partial charge in [0.2, 0.25) is 0 Å². The van der Waals surface area contributed by atoms with E-state index in [1.165, 1.54) is 48.3 Å². The normalized spacial score (nSPS) is 14.9. The molecule has 1 aliphatic carbocycles. The number of halogens is 6. The second-order valence-electron chi connectivity index (χ2n) is 10.6. The number of alkyl halides is 6. The van der Waals surface area contributed by atoms with Crippen molar-refractivity contribution in [3.8, 4) is 11.6 Å². The molecule has 46 heavy (non-hydrogen) atoms. The van der Waals surface area contributed by atoms with Gasteiger partial charge in [-0.3, -0.25) is 4.79 Å². The highest BCUT2D eigenvalue weighted by Crippen LogP contribution is 2.36. The van der Waals surface area contributed by atoms with Gasteiger partial charge in [0.1, 0.15) is 0 Å². The van der Waals surface area contributed by atoms with Crippen LogP contribution in [0.4, 0.5) is 26.3 Å². The molecule has 1 N–H and O–H groups in total. The number of methoxy groups -OCH3 is 2. The molecule has 0 saturated heterocycles. The van der Waals surface area contributed by atoms with Crippen LogP contribution < -0.4 is 0 Å². The zero-order valence-corrected chi connectivity index (χ0v) is 24.9. The first kappa shape index (κ1) is 34.7. The fraction of sp³-hybridized carbons (Fsp3) is 0.433. The van der Waals surface area contributed by atoms with Crippen molar-refractivity contribution >= 4 is 6.29 Å². The number of nitrogens with zero attached hydrogens (tertiary/aromatic N) is 6. The summed E-state index contributed by atoms with van der Waals surface area (Å²) in [5.41, 5.74) is 0.264. The molecule has 0 radical (unpaired) electrons. The van der Waals surface area contributed by atoms with Gasteiger partial charge in [-0.15, -0.1) is 0 Å². The van der Waals surface area contributed by atoms with E-state index in [4.69, 9.17) is 9.47 Å². The molecule has 10 nitrogen and oxygen atoms in total. The van der Waals surface area contributed by atoms with Gasteiger partial charge in [0.15, 0.2) is 17.9 Å². The van der Waals surface area contributed by atoms with Gasteiger partial charge in [0.25, 0.3) is 0 Å². The van der Waals surface area contributed by atoms with Gasteiger partial charge in [-0.05, 0) is 43.0 Å². The smallest absolute Gasteiger partial charge is 0.388 e. The van der Waals surface area contributed by atoms with Crippen LogP contribution in [0.3, 0.4) is 0 Å². The number of ether oxygens (including phenoxy) is 2. The van der Waals surface area contributed by atoms with Gasteiger partial charge >= 0.3 is 12.4 Å². The molecule has 1 fully saturated rings. The molecule has 5 rings (SSSR count). The Balaban J connectivity index is 0.000000216. The third-order valence-electron chi connectivity index (χ3n) is 7.37. The van der Waals surface area contributed by atoms with E-state index < -0.39 is 29.6 Å². The van der Waals surface area contributed by atoms with E-state index in [-0.39, 0.29) is 30.8 Å². The Hall–Kier alpha value is -4.15. The number of aromatic nitrogens is 6. The highest BCUT2D eigenvalue weighted by Gasteiger charge is 2.32. The number of rotatable bonds is 9. The number of aliphatic hydroxyl groups is 1. The summed E-state index contributed by atoms with van der Waals surface area (Å²) in [5, 5.41) is 19.2. The first-order chi connectivity index (χ1) is 21.8. The quantitative estimate of drug-likeness (QED) is 0.165. The van der Waals surface area contributed by atoms with E-state index in [0.29, 0.717) is 35.0 Å². The molecular weight excluding hydrogens is 622 g/mol. The summed E-state index contributed by atoms with van der Waals surface area (Å²) >= 11 is 0. The summed E-state index contributed by atoms with van der Waals surface area (Å²) < 4.78 is 88.0. The number of aldehydes is 1. The topological polar surface area (TPSA) is 117 Å². The zero-order valence-electron chi connectivity index (χ0n) is 24.9. The number of carbonyl (C=O) groups is 1. The van der Waals surface area contributed by atoms with Crippen LogP contribution in [0.25, 0.3) is 11.6 Å². The largest absolute Gasteiger partial charge is 0.417 e. The first-order valence-electron chi connectivity index (χ1n) is 14.2. The van der Waals surface area contributed by atoms with E-state index >= 15 is 0 Å². The van der Waals surface area contributed by atoms with Crippen molar-refractivity contribution < 1.29 is 45.7 Å². The van der Waals surface area contributed by atoms with Crippen molar-refractivity contribution in [1.29, 1.82) is 0 Å². The highest BCUT2D eigenvalue weighted by molar-refractivity contribution is 5.76. The second kappa shape index (κ2) is 15.0. The van der Waals surface area contributed by atoms with E-state index in [1.54, 1.807) is 6.20 Å². The molecule has 0 spiro atoms. The van der Waals surface area contributed by atoms with Crippen LogP contribution in [0, 0.1) is 5.92 Å². The Morgan fingerprint density at radius 1 is 0.826 bits per heavy atom. The maximum Gasteiger partial charge on any atom is 0.417 e. The van der Waals surface area contributed by atoms with Crippen molar-refractivity contribution in [2.24, 2.45) is 5.92 Å². The Morgan fingerprint density at radius 3 is 1.78 bits per heavy atom. The Kier molecular flexibility index (Phi) is 11.3. The van der Waals surface area contributed by atoms with Gasteiger partial charge in [-0.25, -0.2) is 19.3 Å². The second-order valence-corrected chi connectivity index (χ2v) is 10.6. The predicted molar refractivity (Wildman–Crippen MR) is 151 cm³/mol. The molecule has 16 heteroatoms. The summed E-state index contributed by atoms with van der Waals surface area (Å²) in [6, 6.07) is 4.32. The molecule has 0 amide bonds. The third-order valence-corrected chi connectivity index (χ3v) is 7.37. The van der Waals surface area contributed by atoms with E-state index in [1.807, 2.05) is 0 Å². The number of carbonyl (C=O) groups excluding carboxylic acids is 1. The van der Waals surface area contributed by atoms with Crippen LogP contribution in [0.5, 0.6) is 0 Å². The maximum absolute atomic E-state index is 12.7. The van der Waals surface area contributed by atoms with Gasteiger partial charge in [0, 0.05) is 44.6 Å². The minimum atomic E-state index is -4.44. The first-order valence-corrected chi connectivity index (χ1v) is 14.2. The van der Waals surface area contributed by atoms with Crippen LogP contribution in [-0.4, -0.2) is 55.1 Å². The molecule has 4 aromatic heterocycles. The molecule has 1 atom stereocenters. The number of hydrogen-bond donors (Lipinski definition) is 1.